The highest BCUT2D eigenvalue weighted by atomic mass is 32.1. The summed E-state index contributed by atoms with van der Waals surface area (Å²) >= 11 is 1.41. The van der Waals surface area contributed by atoms with Gasteiger partial charge in [0.2, 0.25) is 0 Å². The minimum absolute atomic E-state index is 0.113. The number of carbonyl (C=O) groups excluding carboxylic acids is 1. The van der Waals surface area contributed by atoms with Crippen molar-refractivity contribution in [1.29, 1.82) is 0 Å². The molecule has 0 saturated carbocycles. The molecule has 0 aliphatic heterocycles. The zero-order valence-corrected chi connectivity index (χ0v) is 17.2. The number of hydrogen-bond donors (Lipinski definition) is 0. The first-order chi connectivity index (χ1) is 13.4. The van der Waals surface area contributed by atoms with E-state index in [1.807, 2.05) is 38.1 Å². The number of rotatable bonds is 6. The summed E-state index contributed by atoms with van der Waals surface area (Å²) in [6, 6.07) is 13.7. The van der Waals surface area contributed by atoms with E-state index >= 15 is 0 Å². The van der Waals surface area contributed by atoms with Crippen molar-refractivity contribution in [2.45, 2.75) is 32.9 Å². The molecule has 0 fully saturated rings. The fourth-order valence-corrected chi connectivity index (χ4v) is 3.63. The van der Waals surface area contributed by atoms with Crippen molar-refractivity contribution in [3.63, 3.8) is 0 Å². The maximum absolute atomic E-state index is 14.0. The molecule has 146 valence electrons. The Labute approximate surface area is 168 Å². The van der Waals surface area contributed by atoms with E-state index in [2.05, 4.69) is 4.98 Å². The van der Waals surface area contributed by atoms with E-state index in [0.29, 0.717) is 11.3 Å². The SMILES string of the molecule is CC(C)Oc1ccc(-c2nc(C(=O)N(C)C(C)c3ccccc3F)cs2)cc1. The summed E-state index contributed by atoms with van der Waals surface area (Å²) in [4.78, 5) is 18.8. The maximum Gasteiger partial charge on any atom is 0.273 e. The largest absolute Gasteiger partial charge is 0.491 e. The van der Waals surface area contributed by atoms with Gasteiger partial charge in [-0.15, -0.1) is 11.3 Å². The van der Waals surface area contributed by atoms with Gasteiger partial charge in [0, 0.05) is 23.6 Å². The van der Waals surface area contributed by atoms with Crippen molar-refractivity contribution in [3.05, 3.63) is 71.0 Å². The van der Waals surface area contributed by atoms with E-state index in [1.165, 1.54) is 22.3 Å². The van der Waals surface area contributed by atoms with Crippen molar-refractivity contribution in [2.75, 3.05) is 7.05 Å². The van der Waals surface area contributed by atoms with Crippen LogP contribution >= 0.6 is 11.3 Å². The molecule has 0 saturated heterocycles. The Morgan fingerprint density at radius 1 is 1.11 bits per heavy atom. The topological polar surface area (TPSA) is 42.4 Å². The van der Waals surface area contributed by atoms with Gasteiger partial charge in [-0.05, 0) is 51.1 Å². The van der Waals surface area contributed by atoms with Crippen LogP contribution in [0.1, 0.15) is 42.9 Å². The van der Waals surface area contributed by atoms with Crippen molar-refractivity contribution in [3.8, 4) is 16.3 Å². The number of ether oxygens (including phenoxy) is 1. The Bertz CT molecular complexity index is 953. The zero-order valence-electron chi connectivity index (χ0n) is 16.3. The molecule has 0 aliphatic rings. The van der Waals surface area contributed by atoms with E-state index < -0.39 is 6.04 Å². The lowest BCUT2D eigenvalue weighted by Crippen LogP contribution is -2.30. The minimum Gasteiger partial charge on any atom is -0.491 e. The molecule has 6 heteroatoms. The number of amides is 1. The maximum atomic E-state index is 14.0. The highest BCUT2D eigenvalue weighted by molar-refractivity contribution is 7.13. The van der Waals surface area contributed by atoms with Crippen LogP contribution in [0.5, 0.6) is 5.75 Å². The number of benzene rings is 2. The molecule has 0 N–H and O–H groups in total. The smallest absolute Gasteiger partial charge is 0.273 e. The van der Waals surface area contributed by atoms with Gasteiger partial charge in [-0.2, -0.15) is 0 Å². The summed E-state index contributed by atoms with van der Waals surface area (Å²) in [6.07, 6.45) is 0.113. The molecule has 1 heterocycles. The molecule has 2 aromatic carbocycles. The Balaban J connectivity index is 1.75. The number of aromatic nitrogens is 1. The van der Waals surface area contributed by atoms with Crippen molar-refractivity contribution < 1.29 is 13.9 Å². The van der Waals surface area contributed by atoms with Crippen LogP contribution in [-0.4, -0.2) is 28.9 Å². The van der Waals surface area contributed by atoms with Crippen LogP contribution in [0.4, 0.5) is 4.39 Å². The molecule has 3 rings (SSSR count). The van der Waals surface area contributed by atoms with Crippen LogP contribution in [0, 0.1) is 5.82 Å². The third-order valence-corrected chi connectivity index (χ3v) is 5.34. The molecule has 1 amide bonds. The van der Waals surface area contributed by atoms with Crippen LogP contribution in [-0.2, 0) is 0 Å². The molecule has 1 atom stereocenters. The highest BCUT2D eigenvalue weighted by Crippen LogP contribution is 2.28. The molecule has 1 aromatic heterocycles. The molecule has 0 radical (unpaired) electrons. The van der Waals surface area contributed by atoms with E-state index in [0.717, 1.165) is 16.3 Å². The lowest BCUT2D eigenvalue weighted by atomic mass is 10.1. The standard InChI is InChI=1S/C22H23FN2O2S/c1-14(2)27-17-11-9-16(10-12-17)21-24-20(13-28-21)22(26)25(4)15(3)18-7-5-6-8-19(18)23/h5-15H,1-4H3. The average molecular weight is 399 g/mol. The third-order valence-electron chi connectivity index (χ3n) is 4.45. The first-order valence-corrected chi connectivity index (χ1v) is 9.99. The number of nitrogens with zero attached hydrogens (tertiary/aromatic N) is 2. The van der Waals surface area contributed by atoms with Crippen LogP contribution in [0.2, 0.25) is 0 Å². The Kier molecular flexibility index (Phi) is 6.09. The normalized spacial score (nSPS) is 12.1. The predicted octanol–water partition coefficient (Wildman–Crippen LogP) is 5.57. The van der Waals surface area contributed by atoms with Gasteiger partial charge >= 0.3 is 0 Å². The van der Waals surface area contributed by atoms with E-state index in [4.69, 9.17) is 4.74 Å². The predicted molar refractivity (Wildman–Crippen MR) is 110 cm³/mol. The Morgan fingerprint density at radius 2 is 1.79 bits per heavy atom. The second kappa shape index (κ2) is 8.52. The van der Waals surface area contributed by atoms with E-state index in [1.54, 1.807) is 37.6 Å². The van der Waals surface area contributed by atoms with Gasteiger partial charge < -0.3 is 9.64 Å². The van der Waals surface area contributed by atoms with Crippen molar-refractivity contribution >= 4 is 17.2 Å². The highest BCUT2D eigenvalue weighted by Gasteiger charge is 2.23. The number of hydrogen-bond acceptors (Lipinski definition) is 4. The lowest BCUT2D eigenvalue weighted by molar-refractivity contribution is 0.0735. The first-order valence-electron chi connectivity index (χ1n) is 9.11. The summed E-state index contributed by atoms with van der Waals surface area (Å²) < 4.78 is 19.7. The fraction of sp³-hybridized carbons (Fsp3) is 0.273. The van der Waals surface area contributed by atoms with E-state index in [9.17, 15) is 9.18 Å². The van der Waals surface area contributed by atoms with Gasteiger partial charge in [-0.3, -0.25) is 4.79 Å². The molecule has 4 nitrogen and oxygen atoms in total. The van der Waals surface area contributed by atoms with Gasteiger partial charge in [0.15, 0.2) is 0 Å². The number of halogens is 1. The number of thiazole rings is 1. The zero-order chi connectivity index (χ0) is 20.3. The van der Waals surface area contributed by atoms with Crippen LogP contribution in [0.25, 0.3) is 10.6 Å². The average Bonchev–Trinajstić information content (AvgIpc) is 3.17. The Morgan fingerprint density at radius 3 is 2.43 bits per heavy atom. The van der Waals surface area contributed by atoms with Crippen molar-refractivity contribution in [2.24, 2.45) is 0 Å². The summed E-state index contributed by atoms with van der Waals surface area (Å²) in [5.41, 5.74) is 1.76. The minimum atomic E-state index is -0.397. The molecule has 1 unspecified atom stereocenters. The fourth-order valence-electron chi connectivity index (χ4n) is 2.83. The summed E-state index contributed by atoms with van der Waals surface area (Å²) in [6.45, 7) is 5.76. The second-order valence-electron chi connectivity index (χ2n) is 6.84. The van der Waals surface area contributed by atoms with Gasteiger partial charge in [0.1, 0.15) is 22.3 Å². The summed E-state index contributed by atoms with van der Waals surface area (Å²) in [5, 5.41) is 2.49. The molecule has 0 bridgehead atoms. The van der Waals surface area contributed by atoms with Gasteiger partial charge in [-0.25, -0.2) is 9.37 Å². The molecular formula is C22H23FN2O2S. The molecule has 28 heavy (non-hydrogen) atoms. The second-order valence-corrected chi connectivity index (χ2v) is 7.70. The van der Waals surface area contributed by atoms with Crippen LogP contribution < -0.4 is 4.74 Å². The molecule has 0 spiro atoms. The molecule has 0 aliphatic carbocycles. The van der Waals surface area contributed by atoms with Crippen LogP contribution in [0.15, 0.2) is 53.9 Å². The molecular weight excluding hydrogens is 375 g/mol. The summed E-state index contributed by atoms with van der Waals surface area (Å²) in [5.74, 6) is 0.236. The number of carbonyl (C=O) groups is 1. The van der Waals surface area contributed by atoms with Crippen molar-refractivity contribution in [1.82, 2.24) is 9.88 Å². The lowest BCUT2D eigenvalue weighted by Gasteiger charge is -2.24. The van der Waals surface area contributed by atoms with Gasteiger partial charge in [0.25, 0.3) is 5.91 Å². The van der Waals surface area contributed by atoms with Crippen LogP contribution in [0.3, 0.4) is 0 Å². The summed E-state index contributed by atoms with van der Waals surface area (Å²) in [7, 11) is 1.66. The Hall–Kier alpha value is -2.73. The molecule has 3 aromatic rings. The van der Waals surface area contributed by atoms with E-state index in [-0.39, 0.29) is 17.8 Å². The first kappa shape index (κ1) is 20.0. The van der Waals surface area contributed by atoms with Gasteiger partial charge in [0.05, 0.1) is 12.1 Å². The quantitative estimate of drug-likeness (QED) is 0.545. The monoisotopic (exact) mass is 398 g/mol. The third kappa shape index (κ3) is 4.39. The van der Waals surface area contributed by atoms with Gasteiger partial charge in [-0.1, -0.05) is 18.2 Å².